The molecule has 0 aliphatic heterocycles. The number of para-hydroxylation sites is 1. The molecule has 0 saturated carbocycles. The summed E-state index contributed by atoms with van der Waals surface area (Å²) in [4.78, 5) is 0. The lowest BCUT2D eigenvalue weighted by Crippen LogP contribution is -1.94. The molecule has 0 amide bonds. The summed E-state index contributed by atoms with van der Waals surface area (Å²) in [5, 5.41) is 7.06. The predicted molar refractivity (Wildman–Crippen MR) is 159 cm³/mol. The number of aromatic nitrogens is 1. The van der Waals surface area contributed by atoms with E-state index >= 15 is 0 Å². The highest BCUT2D eigenvalue weighted by atomic mass is 79.9. The second-order valence-corrected chi connectivity index (χ2v) is 10.5. The Morgan fingerprint density at radius 1 is 0.514 bits per heavy atom. The number of halogens is 1. The Morgan fingerprint density at radius 2 is 1.32 bits per heavy atom. The van der Waals surface area contributed by atoms with E-state index in [-0.39, 0.29) is 0 Å². The smallest absolute Gasteiger partial charge is 0.143 e. The second kappa shape index (κ2) is 7.83. The minimum Gasteiger partial charge on any atom is -0.455 e. The van der Waals surface area contributed by atoms with E-state index < -0.39 is 0 Å². The molecular formula is C34H20BrNO. The molecule has 0 spiro atoms. The highest BCUT2D eigenvalue weighted by Gasteiger charge is 2.17. The summed E-state index contributed by atoms with van der Waals surface area (Å²) in [5.74, 6) is 0. The predicted octanol–water partition coefficient (Wildman–Crippen LogP) is 10.3. The molecule has 0 aliphatic rings. The molecule has 2 heterocycles. The summed E-state index contributed by atoms with van der Waals surface area (Å²) in [6.07, 6.45) is 0. The summed E-state index contributed by atoms with van der Waals surface area (Å²) in [6, 6.07) is 43.2. The molecule has 6 aromatic carbocycles. The molecule has 0 aliphatic carbocycles. The normalized spacial score (nSPS) is 11.9. The Balaban J connectivity index is 1.49. The number of hydrogen-bond acceptors (Lipinski definition) is 1. The van der Waals surface area contributed by atoms with Crippen molar-refractivity contribution in [3.8, 4) is 16.8 Å². The molecule has 37 heavy (non-hydrogen) atoms. The third-order valence-electron chi connectivity index (χ3n) is 7.42. The van der Waals surface area contributed by atoms with Gasteiger partial charge in [0.05, 0.1) is 11.0 Å². The van der Waals surface area contributed by atoms with Gasteiger partial charge < -0.3 is 8.98 Å². The van der Waals surface area contributed by atoms with Crippen LogP contribution in [0.1, 0.15) is 0 Å². The van der Waals surface area contributed by atoms with E-state index in [2.05, 4.69) is 130 Å². The van der Waals surface area contributed by atoms with Gasteiger partial charge in [0.15, 0.2) is 0 Å². The Hall–Kier alpha value is -4.34. The fourth-order valence-electron chi connectivity index (χ4n) is 5.73. The zero-order valence-corrected chi connectivity index (χ0v) is 21.4. The van der Waals surface area contributed by atoms with Gasteiger partial charge in [-0.1, -0.05) is 82.7 Å². The van der Waals surface area contributed by atoms with Crippen molar-refractivity contribution in [3.05, 3.63) is 126 Å². The molecule has 0 N–H and O–H groups in total. The number of fused-ring (bicyclic) bond motifs is 8. The number of benzene rings is 6. The molecule has 3 heteroatoms. The minimum absolute atomic E-state index is 0.921. The Labute approximate surface area is 221 Å². The standard InChI is InChI=1S/C34H20BrNO/c35-24-14-16-31-30(19-24)29-18-23-13-15-27-26-11-4-5-12-33(26)37-34(27)28(23)20-32(29)36(31)25-10-6-9-22(17-25)21-7-2-1-3-8-21/h1-20H. The van der Waals surface area contributed by atoms with Crippen LogP contribution in [0.5, 0.6) is 0 Å². The molecule has 174 valence electrons. The van der Waals surface area contributed by atoms with Gasteiger partial charge in [-0.15, -0.1) is 0 Å². The lowest BCUT2D eigenvalue weighted by Gasteiger charge is -2.11. The molecule has 0 radical (unpaired) electrons. The summed E-state index contributed by atoms with van der Waals surface area (Å²) < 4.78 is 9.87. The fourth-order valence-corrected chi connectivity index (χ4v) is 6.09. The SMILES string of the molecule is Brc1ccc2c(c1)c1cc3ccc4c5ccccc5oc4c3cc1n2-c1cccc(-c2ccccc2)c1. The van der Waals surface area contributed by atoms with Crippen LogP contribution >= 0.6 is 15.9 Å². The summed E-state index contributed by atoms with van der Waals surface area (Å²) in [5.41, 5.74) is 7.76. The Kier molecular flexibility index (Phi) is 4.40. The average Bonchev–Trinajstić information content (AvgIpc) is 3.48. The van der Waals surface area contributed by atoms with E-state index in [1.54, 1.807) is 0 Å². The highest BCUT2D eigenvalue weighted by Crippen LogP contribution is 2.40. The van der Waals surface area contributed by atoms with Gasteiger partial charge in [0.1, 0.15) is 11.2 Å². The van der Waals surface area contributed by atoms with Gasteiger partial charge in [0, 0.05) is 37.1 Å². The number of nitrogens with zero attached hydrogens (tertiary/aromatic N) is 1. The first-order valence-electron chi connectivity index (χ1n) is 12.4. The molecule has 2 aromatic heterocycles. The van der Waals surface area contributed by atoms with Crippen molar-refractivity contribution in [2.45, 2.75) is 0 Å². The first-order chi connectivity index (χ1) is 18.2. The van der Waals surface area contributed by atoms with Crippen LogP contribution in [0, 0.1) is 0 Å². The molecule has 0 bridgehead atoms. The maximum atomic E-state index is 6.41. The van der Waals surface area contributed by atoms with Gasteiger partial charge in [0.25, 0.3) is 0 Å². The van der Waals surface area contributed by atoms with Crippen LogP contribution in [-0.2, 0) is 0 Å². The molecule has 0 atom stereocenters. The molecule has 2 nitrogen and oxygen atoms in total. The molecule has 8 rings (SSSR count). The lowest BCUT2D eigenvalue weighted by molar-refractivity contribution is 0.672. The third-order valence-corrected chi connectivity index (χ3v) is 7.91. The van der Waals surface area contributed by atoms with Crippen LogP contribution in [-0.4, -0.2) is 4.57 Å². The van der Waals surface area contributed by atoms with E-state index in [0.717, 1.165) is 37.5 Å². The Morgan fingerprint density at radius 3 is 2.24 bits per heavy atom. The van der Waals surface area contributed by atoms with Gasteiger partial charge in [-0.3, -0.25) is 0 Å². The van der Waals surface area contributed by atoms with Crippen LogP contribution in [0.15, 0.2) is 130 Å². The van der Waals surface area contributed by atoms with Crippen molar-refractivity contribution < 1.29 is 4.42 Å². The van der Waals surface area contributed by atoms with E-state index in [1.807, 2.05) is 12.1 Å². The van der Waals surface area contributed by atoms with E-state index in [0.29, 0.717) is 0 Å². The maximum absolute atomic E-state index is 6.41. The van der Waals surface area contributed by atoms with Gasteiger partial charge in [0.2, 0.25) is 0 Å². The van der Waals surface area contributed by atoms with Gasteiger partial charge in [-0.25, -0.2) is 0 Å². The average molecular weight is 538 g/mol. The largest absolute Gasteiger partial charge is 0.455 e. The number of rotatable bonds is 2. The summed E-state index contributed by atoms with van der Waals surface area (Å²) in [7, 11) is 0. The number of furan rings is 1. The van der Waals surface area contributed by atoms with E-state index in [9.17, 15) is 0 Å². The van der Waals surface area contributed by atoms with Crippen LogP contribution in [0.2, 0.25) is 0 Å². The zero-order chi connectivity index (χ0) is 24.5. The van der Waals surface area contributed by atoms with Crippen LogP contribution in [0.3, 0.4) is 0 Å². The molecule has 8 aromatic rings. The third kappa shape index (κ3) is 3.11. The quantitative estimate of drug-likeness (QED) is 0.214. The molecule has 0 saturated heterocycles. The van der Waals surface area contributed by atoms with E-state index in [1.165, 1.54) is 38.3 Å². The van der Waals surface area contributed by atoms with Crippen molar-refractivity contribution in [3.63, 3.8) is 0 Å². The highest BCUT2D eigenvalue weighted by molar-refractivity contribution is 9.10. The molecule has 0 fully saturated rings. The van der Waals surface area contributed by atoms with Crippen molar-refractivity contribution >= 4 is 70.4 Å². The number of hydrogen-bond donors (Lipinski definition) is 0. The van der Waals surface area contributed by atoms with Crippen molar-refractivity contribution in [2.75, 3.05) is 0 Å². The monoisotopic (exact) mass is 537 g/mol. The van der Waals surface area contributed by atoms with Crippen molar-refractivity contribution in [1.29, 1.82) is 0 Å². The lowest BCUT2D eigenvalue weighted by atomic mass is 10.0. The van der Waals surface area contributed by atoms with Gasteiger partial charge in [-0.05, 0) is 71.1 Å². The molecular weight excluding hydrogens is 518 g/mol. The van der Waals surface area contributed by atoms with Gasteiger partial charge >= 0.3 is 0 Å². The summed E-state index contributed by atoms with van der Waals surface area (Å²) in [6.45, 7) is 0. The molecule has 0 unspecified atom stereocenters. The second-order valence-electron chi connectivity index (χ2n) is 9.54. The maximum Gasteiger partial charge on any atom is 0.143 e. The van der Waals surface area contributed by atoms with Crippen molar-refractivity contribution in [1.82, 2.24) is 4.57 Å². The Bertz CT molecular complexity index is 2150. The fraction of sp³-hybridized carbons (Fsp3) is 0. The van der Waals surface area contributed by atoms with Crippen LogP contribution in [0.25, 0.3) is 71.3 Å². The minimum atomic E-state index is 0.921. The first-order valence-corrected chi connectivity index (χ1v) is 13.2. The van der Waals surface area contributed by atoms with Crippen LogP contribution < -0.4 is 0 Å². The summed E-state index contributed by atoms with van der Waals surface area (Å²) >= 11 is 3.70. The van der Waals surface area contributed by atoms with Crippen LogP contribution in [0.4, 0.5) is 0 Å². The first kappa shape index (κ1) is 20.8. The van der Waals surface area contributed by atoms with Crippen molar-refractivity contribution in [2.24, 2.45) is 0 Å². The van der Waals surface area contributed by atoms with Gasteiger partial charge in [-0.2, -0.15) is 0 Å². The zero-order valence-electron chi connectivity index (χ0n) is 19.8. The topological polar surface area (TPSA) is 18.1 Å². The van der Waals surface area contributed by atoms with E-state index in [4.69, 9.17) is 4.42 Å².